The second-order valence-corrected chi connectivity index (χ2v) is 7.22. The van der Waals surface area contributed by atoms with Crippen molar-refractivity contribution in [1.29, 1.82) is 0 Å². The lowest BCUT2D eigenvalue weighted by Crippen LogP contribution is -2.45. The van der Waals surface area contributed by atoms with Crippen LogP contribution in [0, 0.1) is 0 Å². The highest BCUT2D eigenvalue weighted by atomic mass is 35.5. The molecule has 2 N–H and O–H groups in total. The fraction of sp³-hybridized carbons (Fsp3) is 0.333. The molecule has 0 amide bonds. The lowest BCUT2D eigenvalue weighted by molar-refractivity contribution is 0.174. The van der Waals surface area contributed by atoms with E-state index in [0.29, 0.717) is 6.79 Å². The molecular formula is C21H23ClN2O2. The first kappa shape index (κ1) is 17.3. The number of halogens is 1. The summed E-state index contributed by atoms with van der Waals surface area (Å²) in [7, 11) is 0. The van der Waals surface area contributed by atoms with E-state index in [1.807, 2.05) is 6.07 Å². The number of hydrogen-bond acceptors (Lipinski definition) is 3. The fourth-order valence-corrected chi connectivity index (χ4v) is 4.19. The zero-order valence-electron chi connectivity index (χ0n) is 14.8. The molecule has 26 heavy (non-hydrogen) atoms. The molecule has 1 unspecified atom stereocenters. The summed E-state index contributed by atoms with van der Waals surface area (Å²) in [5.74, 6) is 1.72. The summed E-state index contributed by atoms with van der Waals surface area (Å²) < 4.78 is 10.9. The summed E-state index contributed by atoms with van der Waals surface area (Å²) in [6, 6.07) is 14.9. The first-order valence-electron chi connectivity index (χ1n) is 8.97. The van der Waals surface area contributed by atoms with Crippen molar-refractivity contribution in [1.82, 2.24) is 10.3 Å². The zero-order chi connectivity index (χ0) is 16.9. The van der Waals surface area contributed by atoms with Gasteiger partial charge in [-0.25, -0.2) is 0 Å². The molecule has 1 atom stereocenters. The van der Waals surface area contributed by atoms with E-state index in [-0.39, 0.29) is 17.9 Å². The number of rotatable bonds is 3. The van der Waals surface area contributed by atoms with Crippen LogP contribution in [0.15, 0.2) is 42.5 Å². The summed E-state index contributed by atoms with van der Waals surface area (Å²) in [4.78, 5) is 3.68. The summed E-state index contributed by atoms with van der Waals surface area (Å²) in [6.45, 7) is 3.66. The van der Waals surface area contributed by atoms with Crippen LogP contribution < -0.4 is 14.8 Å². The molecule has 1 aromatic heterocycles. The Kier molecular flexibility index (Phi) is 4.33. The van der Waals surface area contributed by atoms with Gasteiger partial charge in [-0.05, 0) is 55.5 Å². The highest BCUT2D eigenvalue weighted by Crippen LogP contribution is 2.37. The molecule has 0 saturated carbocycles. The van der Waals surface area contributed by atoms with Crippen molar-refractivity contribution in [3.63, 3.8) is 0 Å². The zero-order valence-corrected chi connectivity index (χ0v) is 15.6. The Hall–Kier alpha value is -2.17. The van der Waals surface area contributed by atoms with Gasteiger partial charge in [0.1, 0.15) is 0 Å². The molecule has 0 spiro atoms. The molecule has 0 aliphatic carbocycles. The van der Waals surface area contributed by atoms with Crippen LogP contribution in [-0.2, 0) is 18.4 Å². The van der Waals surface area contributed by atoms with Gasteiger partial charge >= 0.3 is 0 Å². The number of nitrogens with one attached hydrogen (secondary N) is 2. The third-order valence-corrected chi connectivity index (χ3v) is 5.61. The number of H-pyrrole nitrogens is 1. The van der Waals surface area contributed by atoms with Crippen molar-refractivity contribution in [2.24, 2.45) is 0 Å². The minimum absolute atomic E-state index is 0. The van der Waals surface area contributed by atoms with Gasteiger partial charge in [0.05, 0.1) is 5.54 Å². The topological polar surface area (TPSA) is 46.3 Å². The summed E-state index contributed by atoms with van der Waals surface area (Å²) in [6.07, 6.45) is 3.11. The van der Waals surface area contributed by atoms with E-state index in [9.17, 15) is 0 Å². The van der Waals surface area contributed by atoms with E-state index < -0.39 is 0 Å². The molecule has 3 aromatic rings. The maximum Gasteiger partial charge on any atom is 0.231 e. The molecule has 5 heteroatoms. The second-order valence-electron chi connectivity index (χ2n) is 7.22. The van der Waals surface area contributed by atoms with Crippen LogP contribution in [-0.4, -0.2) is 18.3 Å². The van der Waals surface area contributed by atoms with Crippen LogP contribution in [0.4, 0.5) is 0 Å². The Morgan fingerprint density at radius 1 is 1.08 bits per heavy atom. The minimum Gasteiger partial charge on any atom is -0.454 e. The molecule has 0 bridgehead atoms. The third kappa shape index (κ3) is 2.74. The van der Waals surface area contributed by atoms with E-state index in [0.717, 1.165) is 37.3 Å². The van der Waals surface area contributed by atoms with Gasteiger partial charge in [0.15, 0.2) is 11.5 Å². The molecule has 4 nitrogen and oxygen atoms in total. The molecular weight excluding hydrogens is 348 g/mol. The highest BCUT2D eigenvalue weighted by molar-refractivity contribution is 5.85. The highest BCUT2D eigenvalue weighted by Gasteiger charge is 2.34. The number of aryl methyl sites for hydroxylation is 1. The second kappa shape index (κ2) is 6.53. The van der Waals surface area contributed by atoms with Crippen LogP contribution in [0.3, 0.4) is 0 Å². The van der Waals surface area contributed by atoms with Crippen LogP contribution in [0.1, 0.15) is 30.2 Å². The quantitative estimate of drug-likeness (QED) is 0.722. The summed E-state index contributed by atoms with van der Waals surface area (Å²) in [5.41, 5.74) is 5.31. The molecule has 136 valence electrons. The Morgan fingerprint density at radius 3 is 2.85 bits per heavy atom. The smallest absolute Gasteiger partial charge is 0.231 e. The number of benzene rings is 2. The lowest BCUT2D eigenvalue weighted by Gasteiger charge is -2.35. The van der Waals surface area contributed by atoms with Gasteiger partial charge in [-0.3, -0.25) is 0 Å². The SMILES string of the molecule is CC1(CCc2ccc3c(c2)OCO3)NCCc2c1[nH]c1ccccc21.Cl. The van der Waals surface area contributed by atoms with E-state index in [1.165, 1.54) is 27.7 Å². The van der Waals surface area contributed by atoms with E-state index in [1.54, 1.807) is 0 Å². The van der Waals surface area contributed by atoms with Crippen LogP contribution >= 0.6 is 12.4 Å². The molecule has 2 aromatic carbocycles. The van der Waals surface area contributed by atoms with E-state index >= 15 is 0 Å². The van der Waals surface area contributed by atoms with E-state index in [2.05, 4.69) is 53.6 Å². The van der Waals surface area contributed by atoms with E-state index in [4.69, 9.17) is 9.47 Å². The van der Waals surface area contributed by atoms with Gasteiger partial charge in [0.2, 0.25) is 6.79 Å². The monoisotopic (exact) mass is 370 g/mol. The number of aromatic nitrogens is 1. The number of hydrogen-bond donors (Lipinski definition) is 2. The normalized spacial score (nSPS) is 20.7. The number of fused-ring (bicyclic) bond motifs is 4. The van der Waals surface area contributed by atoms with Gasteiger partial charge in [0.25, 0.3) is 0 Å². The Labute approximate surface area is 159 Å². The molecule has 0 saturated heterocycles. The third-order valence-electron chi connectivity index (χ3n) is 5.61. The maximum atomic E-state index is 5.51. The van der Waals surface area contributed by atoms with Crippen LogP contribution in [0.5, 0.6) is 11.5 Å². The first-order chi connectivity index (χ1) is 12.2. The van der Waals surface area contributed by atoms with Crippen molar-refractivity contribution < 1.29 is 9.47 Å². The summed E-state index contributed by atoms with van der Waals surface area (Å²) in [5, 5.41) is 5.12. The molecule has 0 fully saturated rings. The van der Waals surface area contributed by atoms with Gasteiger partial charge in [-0.15, -0.1) is 12.4 Å². The maximum absolute atomic E-state index is 5.51. The Balaban J connectivity index is 0.00000168. The Bertz CT molecular complexity index is 952. The van der Waals surface area contributed by atoms with Gasteiger partial charge in [-0.2, -0.15) is 0 Å². The molecule has 2 aliphatic heterocycles. The fourth-order valence-electron chi connectivity index (χ4n) is 4.19. The van der Waals surface area contributed by atoms with Crippen molar-refractivity contribution in [2.45, 2.75) is 31.7 Å². The van der Waals surface area contributed by atoms with Gasteiger partial charge in [0, 0.05) is 23.1 Å². The van der Waals surface area contributed by atoms with Crippen LogP contribution in [0.25, 0.3) is 10.9 Å². The summed E-state index contributed by atoms with van der Waals surface area (Å²) >= 11 is 0. The predicted octanol–water partition coefficient (Wildman–Crippen LogP) is 4.31. The minimum atomic E-state index is -0.0387. The Morgan fingerprint density at radius 2 is 1.92 bits per heavy atom. The standard InChI is InChI=1S/C21H22N2O2.ClH/c1-21(10-8-14-6-7-18-19(12-14)25-13-24-18)20-16(9-11-22-21)15-4-2-3-5-17(15)23-20;/h2-7,12,22-23H,8-11,13H2,1H3;1H. The van der Waals surface area contributed by atoms with Crippen molar-refractivity contribution in [3.8, 4) is 11.5 Å². The predicted molar refractivity (Wildman–Crippen MR) is 105 cm³/mol. The molecule has 5 rings (SSSR count). The molecule has 0 radical (unpaired) electrons. The average molecular weight is 371 g/mol. The first-order valence-corrected chi connectivity index (χ1v) is 8.97. The lowest BCUT2D eigenvalue weighted by atomic mass is 9.84. The van der Waals surface area contributed by atoms with Crippen molar-refractivity contribution in [3.05, 3.63) is 59.3 Å². The van der Waals surface area contributed by atoms with Crippen molar-refractivity contribution >= 4 is 23.3 Å². The molecule has 3 heterocycles. The number of ether oxygens (including phenoxy) is 2. The van der Waals surface area contributed by atoms with Gasteiger partial charge in [-0.1, -0.05) is 24.3 Å². The largest absolute Gasteiger partial charge is 0.454 e. The van der Waals surface area contributed by atoms with Crippen molar-refractivity contribution in [2.75, 3.05) is 13.3 Å². The van der Waals surface area contributed by atoms with Gasteiger partial charge < -0.3 is 19.8 Å². The molecule has 2 aliphatic rings. The average Bonchev–Trinajstić information content (AvgIpc) is 3.25. The number of aromatic amines is 1. The van der Waals surface area contributed by atoms with Crippen LogP contribution in [0.2, 0.25) is 0 Å². The number of para-hydroxylation sites is 1.